The van der Waals surface area contributed by atoms with Crippen molar-refractivity contribution in [1.29, 1.82) is 0 Å². The topological polar surface area (TPSA) is 105 Å². The van der Waals surface area contributed by atoms with E-state index in [1.54, 1.807) is 6.07 Å². The number of amides is 2. The minimum Gasteiger partial charge on any atom is -0.444 e. The summed E-state index contributed by atoms with van der Waals surface area (Å²) < 4.78 is 11.0. The van der Waals surface area contributed by atoms with Crippen LogP contribution in [0.25, 0.3) is 0 Å². The first kappa shape index (κ1) is 17.3. The molecule has 2 aliphatic rings. The van der Waals surface area contributed by atoms with E-state index in [9.17, 15) is 9.59 Å². The number of alkyl carbamates (subject to hydrolysis) is 1. The Morgan fingerprint density at radius 3 is 2.96 bits per heavy atom. The monoisotopic (exact) mass is 346 g/mol. The molecule has 3 N–H and O–H groups in total. The van der Waals surface area contributed by atoms with Crippen molar-refractivity contribution in [3.63, 3.8) is 0 Å². The lowest BCUT2D eigenvalue weighted by atomic mass is 10.1. The van der Waals surface area contributed by atoms with Gasteiger partial charge in [-0.1, -0.05) is 0 Å². The van der Waals surface area contributed by atoms with Crippen LogP contribution in [-0.2, 0) is 14.3 Å². The van der Waals surface area contributed by atoms with Gasteiger partial charge in [0.25, 0.3) is 0 Å². The van der Waals surface area contributed by atoms with Gasteiger partial charge in [0.05, 0.1) is 18.2 Å². The Kier molecular flexibility index (Phi) is 4.95. The quantitative estimate of drug-likeness (QED) is 0.702. The van der Waals surface area contributed by atoms with E-state index in [0.29, 0.717) is 18.8 Å². The van der Waals surface area contributed by atoms with E-state index >= 15 is 0 Å². The third kappa shape index (κ3) is 4.31. The number of carbonyl (C=O) groups excluding carboxylic acids is 2. The Bertz CT molecular complexity index is 693. The summed E-state index contributed by atoms with van der Waals surface area (Å²) >= 11 is 0. The second-order valence-corrected chi connectivity index (χ2v) is 6.70. The molecule has 134 valence electrons. The summed E-state index contributed by atoms with van der Waals surface area (Å²) in [6.45, 7) is 4.05. The molecular formula is C17H22N4O4. The maximum atomic E-state index is 12.0. The van der Waals surface area contributed by atoms with Gasteiger partial charge in [0.1, 0.15) is 12.2 Å². The number of aromatic nitrogens is 2. The Labute approximate surface area is 146 Å². The number of ether oxygens (including phenoxy) is 2. The van der Waals surface area contributed by atoms with E-state index in [4.69, 9.17) is 15.9 Å². The molecule has 1 aliphatic carbocycles. The molecule has 1 aromatic heterocycles. The number of hydrogen-bond donors (Lipinski definition) is 3. The van der Waals surface area contributed by atoms with Gasteiger partial charge in [0, 0.05) is 24.4 Å². The normalized spacial score (nSPS) is 27.6. The number of H-pyrrole nitrogens is 1. The van der Waals surface area contributed by atoms with Crippen LogP contribution in [0.1, 0.15) is 38.5 Å². The number of hydrogen-bond acceptors (Lipinski definition) is 5. The van der Waals surface area contributed by atoms with Crippen molar-refractivity contribution < 1.29 is 19.1 Å². The molecule has 1 aromatic rings. The maximum Gasteiger partial charge on any atom is 0.407 e. The average Bonchev–Trinajstić information content (AvgIpc) is 2.96. The number of terminal acetylenes is 1. The number of aromatic amines is 1. The standard InChI is InChI=1S/C17H22N4O4/c1-4-10-5-12(10)16(22)19-15-7-13(20-21-15)14-6-11(8-24-14)25-17(23)18-9(2)3/h1,7,9-12,14H,5-6,8H2,2-3H3,(H,18,23)(H2,19,20,21,22)/t10-,11+,12-,14+/m0/s1. The van der Waals surface area contributed by atoms with Crippen LogP contribution < -0.4 is 10.6 Å². The summed E-state index contributed by atoms with van der Waals surface area (Å²) in [5.41, 5.74) is 0.731. The highest BCUT2D eigenvalue weighted by molar-refractivity contribution is 5.94. The summed E-state index contributed by atoms with van der Waals surface area (Å²) in [4.78, 5) is 23.6. The number of carbonyl (C=O) groups is 2. The second kappa shape index (κ2) is 7.15. The van der Waals surface area contributed by atoms with Gasteiger partial charge in [-0.05, 0) is 20.3 Å². The van der Waals surface area contributed by atoms with Gasteiger partial charge in [-0.3, -0.25) is 9.89 Å². The third-order valence-corrected chi connectivity index (χ3v) is 4.18. The minimum atomic E-state index is -0.450. The molecule has 1 aliphatic heterocycles. The largest absolute Gasteiger partial charge is 0.444 e. The van der Waals surface area contributed by atoms with E-state index in [-0.39, 0.29) is 36.0 Å². The zero-order valence-electron chi connectivity index (χ0n) is 14.2. The van der Waals surface area contributed by atoms with Gasteiger partial charge in [-0.15, -0.1) is 12.3 Å². The molecule has 2 amide bonds. The first-order valence-corrected chi connectivity index (χ1v) is 8.37. The lowest BCUT2D eigenvalue weighted by Gasteiger charge is -2.13. The molecule has 25 heavy (non-hydrogen) atoms. The van der Waals surface area contributed by atoms with Crippen LogP contribution >= 0.6 is 0 Å². The van der Waals surface area contributed by atoms with Crippen LogP contribution in [0.4, 0.5) is 10.6 Å². The number of nitrogens with zero attached hydrogens (tertiary/aromatic N) is 1. The molecule has 0 aromatic carbocycles. The molecule has 1 saturated heterocycles. The molecule has 8 nitrogen and oxygen atoms in total. The predicted octanol–water partition coefficient (Wildman–Crippen LogP) is 1.58. The molecule has 0 radical (unpaired) electrons. The fourth-order valence-corrected chi connectivity index (χ4v) is 2.77. The van der Waals surface area contributed by atoms with Crippen molar-refractivity contribution >= 4 is 17.8 Å². The first-order chi connectivity index (χ1) is 12.0. The minimum absolute atomic E-state index is 0.0185. The number of nitrogens with one attached hydrogen (secondary N) is 3. The smallest absolute Gasteiger partial charge is 0.407 e. The molecule has 0 unspecified atom stereocenters. The molecule has 0 bridgehead atoms. The molecule has 0 spiro atoms. The van der Waals surface area contributed by atoms with Crippen molar-refractivity contribution in [2.24, 2.45) is 11.8 Å². The summed E-state index contributed by atoms with van der Waals surface area (Å²) in [7, 11) is 0. The van der Waals surface area contributed by atoms with Gasteiger partial charge in [0.15, 0.2) is 5.82 Å². The Morgan fingerprint density at radius 1 is 1.48 bits per heavy atom. The summed E-state index contributed by atoms with van der Waals surface area (Å²) in [6, 6.07) is 1.75. The zero-order chi connectivity index (χ0) is 18.0. The molecule has 3 rings (SSSR count). The average molecular weight is 346 g/mol. The van der Waals surface area contributed by atoms with Crippen LogP contribution in [0.2, 0.25) is 0 Å². The van der Waals surface area contributed by atoms with Crippen molar-refractivity contribution in [2.75, 3.05) is 11.9 Å². The summed E-state index contributed by atoms with van der Waals surface area (Å²) in [6.07, 6.45) is 5.55. The van der Waals surface area contributed by atoms with Crippen molar-refractivity contribution in [2.45, 2.75) is 44.9 Å². The van der Waals surface area contributed by atoms with Crippen LogP contribution in [0.3, 0.4) is 0 Å². The van der Waals surface area contributed by atoms with Crippen LogP contribution in [0.5, 0.6) is 0 Å². The van der Waals surface area contributed by atoms with Crippen molar-refractivity contribution in [3.05, 3.63) is 11.8 Å². The number of anilines is 1. The first-order valence-electron chi connectivity index (χ1n) is 8.37. The Hall–Kier alpha value is -2.53. The van der Waals surface area contributed by atoms with E-state index in [1.165, 1.54) is 0 Å². The predicted molar refractivity (Wildman–Crippen MR) is 89.5 cm³/mol. The highest BCUT2D eigenvalue weighted by Gasteiger charge is 2.42. The zero-order valence-corrected chi connectivity index (χ0v) is 14.2. The third-order valence-electron chi connectivity index (χ3n) is 4.18. The molecule has 8 heteroatoms. The second-order valence-electron chi connectivity index (χ2n) is 6.70. The highest BCUT2D eigenvalue weighted by Crippen LogP contribution is 2.38. The lowest BCUT2D eigenvalue weighted by Crippen LogP contribution is -2.33. The summed E-state index contributed by atoms with van der Waals surface area (Å²) in [5, 5.41) is 12.4. The van der Waals surface area contributed by atoms with Gasteiger partial charge >= 0.3 is 6.09 Å². The molecule has 2 fully saturated rings. The number of rotatable bonds is 5. The lowest BCUT2D eigenvalue weighted by molar-refractivity contribution is -0.117. The maximum absolute atomic E-state index is 12.0. The van der Waals surface area contributed by atoms with Gasteiger partial charge in [-0.25, -0.2) is 4.79 Å². The van der Waals surface area contributed by atoms with Crippen molar-refractivity contribution in [3.8, 4) is 12.3 Å². The van der Waals surface area contributed by atoms with Gasteiger partial charge < -0.3 is 20.1 Å². The molecule has 1 saturated carbocycles. The van der Waals surface area contributed by atoms with E-state index < -0.39 is 6.09 Å². The molecule has 2 heterocycles. The Balaban J connectivity index is 1.49. The summed E-state index contributed by atoms with van der Waals surface area (Å²) in [5.74, 6) is 2.82. The fourth-order valence-electron chi connectivity index (χ4n) is 2.77. The van der Waals surface area contributed by atoms with Gasteiger partial charge in [0.2, 0.25) is 5.91 Å². The van der Waals surface area contributed by atoms with Crippen molar-refractivity contribution in [1.82, 2.24) is 15.5 Å². The highest BCUT2D eigenvalue weighted by atomic mass is 16.6. The van der Waals surface area contributed by atoms with E-state index in [1.807, 2.05) is 13.8 Å². The SMILES string of the molecule is C#C[C@H]1C[C@@H]1C(=O)Nc1cc([C@H]2C[C@@H](OC(=O)NC(C)C)CO2)[nH]n1. The van der Waals surface area contributed by atoms with Gasteiger partial charge in [-0.2, -0.15) is 5.10 Å². The van der Waals surface area contributed by atoms with Crippen LogP contribution in [0, 0.1) is 24.2 Å². The Morgan fingerprint density at radius 2 is 2.28 bits per heavy atom. The molecule has 4 atom stereocenters. The molecular weight excluding hydrogens is 324 g/mol. The van der Waals surface area contributed by atoms with E-state index in [2.05, 4.69) is 26.8 Å². The van der Waals surface area contributed by atoms with Crippen LogP contribution in [-0.4, -0.2) is 41.0 Å². The van der Waals surface area contributed by atoms with E-state index in [0.717, 1.165) is 12.1 Å². The fraction of sp³-hybridized carbons (Fsp3) is 0.588. The van der Waals surface area contributed by atoms with Crippen LogP contribution in [0.15, 0.2) is 6.07 Å².